The first-order valence-electron chi connectivity index (χ1n) is 6.71. The summed E-state index contributed by atoms with van der Waals surface area (Å²) in [5.74, 6) is -0.138. The van der Waals surface area contributed by atoms with Crippen LogP contribution in [-0.2, 0) is 9.59 Å². The van der Waals surface area contributed by atoms with E-state index >= 15 is 0 Å². The quantitative estimate of drug-likeness (QED) is 0.674. The summed E-state index contributed by atoms with van der Waals surface area (Å²) in [5, 5.41) is 5.92. The van der Waals surface area contributed by atoms with Gasteiger partial charge in [0.15, 0.2) is 0 Å². The van der Waals surface area contributed by atoms with Crippen molar-refractivity contribution in [2.75, 3.05) is 19.6 Å². The van der Waals surface area contributed by atoms with E-state index in [2.05, 4.69) is 17.6 Å². The van der Waals surface area contributed by atoms with Gasteiger partial charge in [-0.05, 0) is 34.1 Å². The van der Waals surface area contributed by atoms with Crippen molar-refractivity contribution < 1.29 is 9.59 Å². The maximum Gasteiger partial charge on any atom is 0.239 e. The van der Waals surface area contributed by atoms with Crippen LogP contribution in [0.4, 0.5) is 0 Å². The van der Waals surface area contributed by atoms with Crippen LogP contribution in [0, 0.1) is 0 Å². The van der Waals surface area contributed by atoms with Crippen LogP contribution >= 0.6 is 0 Å². The highest BCUT2D eigenvalue weighted by Crippen LogP contribution is 1.92. The zero-order valence-corrected chi connectivity index (χ0v) is 12.2. The standard InChI is InChI=1S/C13H27N3O2/c1-6-11(5)14-8-13(18)16(7-2)9-12(17)15-10(3)4/h10-11,14H,6-9H2,1-5H3,(H,15,17). The first-order valence-corrected chi connectivity index (χ1v) is 6.71. The van der Waals surface area contributed by atoms with Gasteiger partial charge in [0.1, 0.15) is 0 Å². The molecule has 2 amide bonds. The van der Waals surface area contributed by atoms with E-state index in [1.54, 1.807) is 4.90 Å². The van der Waals surface area contributed by atoms with E-state index < -0.39 is 0 Å². The van der Waals surface area contributed by atoms with Crippen molar-refractivity contribution >= 4 is 11.8 Å². The predicted molar refractivity (Wildman–Crippen MR) is 73.3 cm³/mol. The Balaban J connectivity index is 4.15. The van der Waals surface area contributed by atoms with Crippen molar-refractivity contribution in [3.8, 4) is 0 Å². The first-order chi connectivity index (χ1) is 8.40. The number of carbonyl (C=O) groups excluding carboxylic acids is 2. The number of rotatable bonds is 8. The summed E-state index contributed by atoms with van der Waals surface area (Å²) in [6, 6.07) is 0.418. The molecule has 0 radical (unpaired) electrons. The van der Waals surface area contributed by atoms with Gasteiger partial charge in [0.25, 0.3) is 0 Å². The average molecular weight is 257 g/mol. The molecule has 1 unspecified atom stereocenters. The highest BCUT2D eigenvalue weighted by molar-refractivity contribution is 5.85. The number of amides is 2. The number of carbonyl (C=O) groups is 2. The molecule has 106 valence electrons. The smallest absolute Gasteiger partial charge is 0.239 e. The summed E-state index contributed by atoms with van der Waals surface area (Å²) in [6.45, 7) is 10.8. The molecule has 0 saturated heterocycles. The molecule has 0 saturated carbocycles. The zero-order chi connectivity index (χ0) is 14.1. The molecule has 5 heteroatoms. The summed E-state index contributed by atoms with van der Waals surface area (Å²) in [4.78, 5) is 25.1. The van der Waals surface area contributed by atoms with E-state index in [1.165, 1.54) is 0 Å². The molecule has 2 N–H and O–H groups in total. The highest BCUT2D eigenvalue weighted by Gasteiger charge is 2.16. The molecule has 1 atom stereocenters. The summed E-state index contributed by atoms with van der Waals surface area (Å²) in [6.07, 6.45) is 0.979. The molecule has 0 aromatic rings. The van der Waals surface area contributed by atoms with Gasteiger partial charge >= 0.3 is 0 Å². The molecule has 0 aliphatic carbocycles. The Bertz CT molecular complexity index is 267. The van der Waals surface area contributed by atoms with Crippen LogP contribution < -0.4 is 10.6 Å². The summed E-state index contributed by atoms with van der Waals surface area (Å²) < 4.78 is 0. The summed E-state index contributed by atoms with van der Waals surface area (Å²) >= 11 is 0. The van der Waals surface area contributed by atoms with Crippen LogP contribution in [0.5, 0.6) is 0 Å². The van der Waals surface area contributed by atoms with Gasteiger partial charge in [0.05, 0.1) is 13.1 Å². The Morgan fingerprint density at radius 1 is 1.17 bits per heavy atom. The fraction of sp³-hybridized carbons (Fsp3) is 0.846. The number of hydrogen-bond donors (Lipinski definition) is 2. The molecule has 0 fully saturated rings. The molecule has 5 nitrogen and oxygen atoms in total. The lowest BCUT2D eigenvalue weighted by atomic mass is 10.2. The van der Waals surface area contributed by atoms with Crippen LogP contribution in [0.1, 0.15) is 41.0 Å². The second-order valence-corrected chi connectivity index (χ2v) is 4.82. The van der Waals surface area contributed by atoms with Gasteiger partial charge in [-0.3, -0.25) is 9.59 Å². The Labute approximate surface area is 110 Å². The van der Waals surface area contributed by atoms with Gasteiger partial charge < -0.3 is 15.5 Å². The van der Waals surface area contributed by atoms with Crippen molar-refractivity contribution in [3.05, 3.63) is 0 Å². The molecule has 18 heavy (non-hydrogen) atoms. The third-order valence-electron chi connectivity index (χ3n) is 2.73. The van der Waals surface area contributed by atoms with E-state index in [0.29, 0.717) is 12.6 Å². The topological polar surface area (TPSA) is 61.4 Å². The van der Waals surface area contributed by atoms with Crippen LogP contribution in [0.15, 0.2) is 0 Å². The Hall–Kier alpha value is -1.10. The van der Waals surface area contributed by atoms with E-state index in [4.69, 9.17) is 0 Å². The second-order valence-electron chi connectivity index (χ2n) is 4.82. The van der Waals surface area contributed by atoms with Crippen LogP contribution in [0.25, 0.3) is 0 Å². The zero-order valence-electron chi connectivity index (χ0n) is 12.2. The Morgan fingerprint density at radius 2 is 1.78 bits per heavy atom. The molecule has 0 bridgehead atoms. The molecule has 0 spiro atoms. The lowest BCUT2D eigenvalue weighted by molar-refractivity contribution is -0.135. The fourth-order valence-corrected chi connectivity index (χ4v) is 1.43. The number of nitrogens with zero attached hydrogens (tertiary/aromatic N) is 1. The average Bonchev–Trinajstić information content (AvgIpc) is 2.31. The van der Waals surface area contributed by atoms with Crippen LogP contribution in [-0.4, -0.2) is 48.4 Å². The monoisotopic (exact) mass is 257 g/mol. The fourth-order valence-electron chi connectivity index (χ4n) is 1.43. The van der Waals surface area contributed by atoms with E-state index in [-0.39, 0.29) is 30.9 Å². The molecule has 0 aliphatic rings. The number of hydrogen-bond acceptors (Lipinski definition) is 3. The van der Waals surface area contributed by atoms with Gasteiger partial charge in [0, 0.05) is 18.6 Å². The van der Waals surface area contributed by atoms with Gasteiger partial charge in [-0.2, -0.15) is 0 Å². The van der Waals surface area contributed by atoms with Crippen LogP contribution in [0.3, 0.4) is 0 Å². The maximum absolute atomic E-state index is 11.9. The van der Waals surface area contributed by atoms with E-state index in [0.717, 1.165) is 6.42 Å². The minimum Gasteiger partial charge on any atom is -0.352 e. The molecule has 0 aromatic carbocycles. The first kappa shape index (κ1) is 16.9. The van der Waals surface area contributed by atoms with Crippen molar-refractivity contribution in [1.82, 2.24) is 15.5 Å². The van der Waals surface area contributed by atoms with Crippen molar-refractivity contribution in [3.63, 3.8) is 0 Å². The van der Waals surface area contributed by atoms with Gasteiger partial charge in [-0.25, -0.2) is 0 Å². The number of likely N-dealkylation sites (N-methyl/N-ethyl adjacent to an activating group) is 1. The minimum absolute atomic E-state index is 0.0308. The van der Waals surface area contributed by atoms with E-state index in [9.17, 15) is 9.59 Å². The third kappa shape index (κ3) is 7.27. The van der Waals surface area contributed by atoms with Crippen LogP contribution in [0.2, 0.25) is 0 Å². The highest BCUT2D eigenvalue weighted by atomic mass is 16.2. The Kier molecular flexibility index (Phi) is 8.37. The summed E-state index contributed by atoms with van der Waals surface area (Å²) in [5.41, 5.74) is 0. The molecular formula is C13H27N3O2. The van der Waals surface area contributed by atoms with Crippen molar-refractivity contribution in [2.24, 2.45) is 0 Å². The number of nitrogens with one attached hydrogen (secondary N) is 2. The maximum atomic E-state index is 11.9. The second kappa shape index (κ2) is 8.91. The van der Waals surface area contributed by atoms with Gasteiger partial charge in [-0.15, -0.1) is 0 Å². The van der Waals surface area contributed by atoms with Crippen molar-refractivity contribution in [2.45, 2.75) is 53.1 Å². The molecule has 0 aromatic heterocycles. The predicted octanol–water partition coefficient (Wildman–Crippen LogP) is 0.748. The molecule has 0 rings (SSSR count). The SMILES string of the molecule is CCC(C)NCC(=O)N(CC)CC(=O)NC(C)C. The lowest BCUT2D eigenvalue weighted by Gasteiger charge is -2.22. The van der Waals surface area contributed by atoms with Gasteiger partial charge in [0.2, 0.25) is 11.8 Å². The normalized spacial score (nSPS) is 12.3. The lowest BCUT2D eigenvalue weighted by Crippen LogP contribution is -2.46. The third-order valence-corrected chi connectivity index (χ3v) is 2.73. The van der Waals surface area contributed by atoms with Crippen molar-refractivity contribution in [1.29, 1.82) is 0 Å². The molecule has 0 aliphatic heterocycles. The largest absolute Gasteiger partial charge is 0.352 e. The molecular weight excluding hydrogens is 230 g/mol. The Morgan fingerprint density at radius 3 is 2.22 bits per heavy atom. The summed E-state index contributed by atoms with van der Waals surface area (Å²) in [7, 11) is 0. The minimum atomic E-state index is -0.108. The van der Waals surface area contributed by atoms with Gasteiger partial charge in [-0.1, -0.05) is 6.92 Å². The molecule has 0 heterocycles. The van der Waals surface area contributed by atoms with E-state index in [1.807, 2.05) is 27.7 Å².